The first-order chi connectivity index (χ1) is 22.7. The van der Waals surface area contributed by atoms with Gasteiger partial charge in [-0.2, -0.15) is 4.98 Å². The van der Waals surface area contributed by atoms with E-state index >= 15 is 0 Å². The van der Waals surface area contributed by atoms with E-state index in [2.05, 4.69) is 62.3 Å². The standard InChI is InChI=1S/C38H41N5O3Si/c1-27(38(2,3)4)35(46-47(32-17-11-7-12-18-32)33-19-13-8-14-20-33)43-34-28(25-39-36(41-34)40-29-15-9-6-10-16-29)26-42(37(43)44)30-21-23-31(45-5)24-22-30/h6-25,27,35,47H,26H2,1-5H3,(H,39,40,41). The maximum absolute atomic E-state index is 14.9. The van der Waals surface area contributed by atoms with Crippen LogP contribution < -0.4 is 30.2 Å². The number of nitrogens with one attached hydrogen (secondary N) is 1. The van der Waals surface area contributed by atoms with Gasteiger partial charge in [0, 0.05) is 29.1 Å². The van der Waals surface area contributed by atoms with E-state index < -0.39 is 15.3 Å². The quantitative estimate of drug-likeness (QED) is 0.170. The number of nitrogens with zero attached hydrogens (tertiary/aromatic N) is 4. The van der Waals surface area contributed by atoms with E-state index in [0.29, 0.717) is 18.3 Å². The van der Waals surface area contributed by atoms with Crippen LogP contribution in [0.1, 0.15) is 33.3 Å². The van der Waals surface area contributed by atoms with Gasteiger partial charge < -0.3 is 14.5 Å². The fourth-order valence-corrected chi connectivity index (χ4v) is 8.13. The van der Waals surface area contributed by atoms with Gasteiger partial charge in [0.2, 0.25) is 15.0 Å². The molecule has 5 aromatic rings. The molecule has 0 saturated heterocycles. The Balaban J connectivity index is 1.50. The van der Waals surface area contributed by atoms with Gasteiger partial charge in [-0.1, -0.05) is 107 Å². The number of aromatic nitrogens is 2. The highest BCUT2D eigenvalue weighted by molar-refractivity contribution is 6.80. The second-order valence-electron chi connectivity index (χ2n) is 12.9. The molecule has 6 rings (SSSR count). The van der Waals surface area contributed by atoms with Crippen LogP contribution in [0, 0.1) is 11.3 Å². The van der Waals surface area contributed by atoms with Gasteiger partial charge in [-0.05, 0) is 52.2 Å². The van der Waals surface area contributed by atoms with Crippen molar-refractivity contribution in [2.75, 3.05) is 22.2 Å². The average Bonchev–Trinajstić information content (AvgIpc) is 3.10. The summed E-state index contributed by atoms with van der Waals surface area (Å²) >= 11 is 0. The summed E-state index contributed by atoms with van der Waals surface area (Å²) in [5.41, 5.74) is 2.22. The number of ether oxygens (including phenoxy) is 1. The lowest BCUT2D eigenvalue weighted by Gasteiger charge is -2.46. The highest BCUT2D eigenvalue weighted by Gasteiger charge is 2.44. The summed E-state index contributed by atoms with van der Waals surface area (Å²) in [5, 5.41) is 5.59. The van der Waals surface area contributed by atoms with E-state index in [-0.39, 0.29) is 17.4 Å². The van der Waals surface area contributed by atoms with E-state index in [1.807, 2.05) is 97.2 Å². The first kappa shape index (κ1) is 32.0. The molecule has 4 aromatic carbocycles. The monoisotopic (exact) mass is 643 g/mol. The molecule has 0 aliphatic carbocycles. The molecular weight excluding hydrogens is 603 g/mol. The Morgan fingerprint density at radius 1 is 0.830 bits per heavy atom. The molecule has 2 amide bonds. The number of hydrogen-bond acceptors (Lipinski definition) is 6. The molecule has 8 nitrogen and oxygen atoms in total. The van der Waals surface area contributed by atoms with Gasteiger partial charge in [-0.25, -0.2) is 9.78 Å². The van der Waals surface area contributed by atoms with Crippen LogP contribution in [0.5, 0.6) is 5.75 Å². The van der Waals surface area contributed by atoms with Crippen LogP contribution in [-0.2, 0) is 11.0 Å². The van der Waals surface area contributed by atoms with Crippen molar-refractivity contribution in [1.82, 2.24) is 9.97 Å². The highest BCUT2D eigenvalue weighted by Crippen LogP contribution is 2.39. The van der Waals surface area contributed by atoms with Crippen molar-refractivity contribution in [3.8, 4) is 5.75 Å². The van der Waals surface area contributed by atoms with E-state index in [1.165, 1.54) is 0 Å². The molecule has 1 aromatic heterocycles. The molecule has 0 bridgehead atoms. The second kappa shape index (κ2) is 13.8. The normalized spacial score (nSPS) is 14.5. The van der Waals surface area contributed by atoms with Gasteiger partial charge in [0.1, 0.15) is 17.8 Å². The maximum Gasteiger partial charge on any atom is 0.332 e. The molecule has 2 heterocycles. The fourth-order valence-electron chi connectivity index (χ4n) is 5.66. The summed E-state index contributed by atoms with van der Waals surface area (Å²) < 4.78 is 12.8. The van der Waals surface area contributed by atoms with E-state index in [4.69, 9.17) is 14.1 Å². The average molecular weight is 644 g/mol. The lowest BCUT2D eigenvalue weighted by Crippen LogP contribution is -2.60. The van der Waals surface area contributed by atoms with Crippen LogP contribution in [0.3, 0.4) is 0 Å². The predicted molar refractivity (Wildman–Crippen MR) is 192 cm³/mol. The minimum atomic E-state index is -2.31. The number of amides is 2. The molecule has 2 unspecified atom stereocenters. The summed E-state index contributed by atoms with van der Waals surface area (Å²) in [4.78, 5) is 28.1. The zero-order valence-electron chi connectivity index (χ0n) is 27.5. The molecule has 2 atom stereocenters. The van der Waals surface area contributed by atoms with Crippen LogP contribution in [0.15, 0.2) is 121 Å². The highest BCUT2D eigenvalue weighted by atomic mass is 28.3. The van der Waals surface area contributed by atoms with Crippen molar-refractivity contribution < 1.29 is 14.0 Å². The minimum Gasteiger partial charge on any atom is -0.497 e. The molecule has 1 N–H and O–H groups in total. The number of methoxy groups -OCH3 is 1. The summed E-state index contributed by atoms with van der Waals surface area (Å²) in [5.74, 6) is 1.59. The van der Waals surface area contributed by atoms with Gasteiger partial charge >= 0.3 is 6.03 Å². The number of anilines is 4. The fraction of sp³-hybridized carbons (Fsp3) is 0.237. The second-order valence-corrected chi connectivity index (χ2v) is 15.2. The molecular formula is C38H41N5O3Si. The predicted octanol–water partition coefficient (Wildman–Crippen LogP) is 6.74. The Bertz CT molecular complexity index is 1740. The SMILES string of the molecule is COc1ccc(N2Cc3cnc(Nc4ccccc4)nc3N(C(O[SiH](c3ccccc3)c3ccccc3)C(C)C(C)(C)C)C2=O)cc1. The number of urea groups is 1. The van der Waals surface area contributed by atoms with Gasteiger partial charge in [-0.15, -0.1) is 0 Å². The van der Waals surface area contributed by atoms with Crippen LogP contribution in [0.4, 0.5) is 27.9 Å². The van der Waals surface area contributed by atoms with Crippen molar-refractivity contribution in [2.24, 2.45) is 11.3 Å². The summed E-state index contributed by atoms with van der Waals surface area (Å²) in [6, 6.07) is 37.9. The summed E-state index contributed by atoms with van der Waals surface area (Å²) in [6.07, 6.45) is 1.17. The number of carbonyl (C=O) groups is 1. The maximum atomic E-state index is 14.9. The zero-order chi connectivity index (χ0) is 33.0. The third-order valence-electron chi connectivity index (χ3n) is 8.78. The molecule has 9 heteroatoms. The van der Waals surface area contributed by atoms with Crippen molar-refractivity contribution in [1.29, 1.82) is 0 Å². The number of benzene rings is 4. The van der Waals surface area contributed by atoms with Crippen molar-refractivity contribution in [3.05, 3.63) is 127 Å². The van der Waals surface area contributed by atoms with Crippen LogP contribution in [-0.4, -0.2) is 38.4 Å². The third kappa shape index (κ3) is 7.06. The van der Waals surface area contributed by atoms with Gasteiger partial charge in [0.05, 0.1) is 13.7 Å². The van der Waals surface area contributed by atoms with E-state index in [1.54, 1.807) is 16.9 Å². The molecule has 0 spiro atoms. The largest absolute Gasteiger partial charge is 0.497 e. The first-order valence-corrected chi connectivity index (χ1v) is 17.5. The number of carbonyl (C=O) groups excluding carboxylic acids is 1. The lowest BCUT2D eigenvalue weighted by atomic mass is 9.80. The molecule has 47 heavy (non-hydrogen) atoms. The molecule has 1 aliphatic heterocycles. The van der Waals surface area contributed by atoms with Crippen LogP contribution >= 0.6 is 0 Å². The smallest absolute Gasteiger partial charge is 0.332 e. The summed E-state index contributed by atoms with van der Waals surface area (Å²) in [6.45, 7) is 9.05. The lowest BCUT2D eigenvalue weighted by molar-refractivity contribution is 0.0766. The van der Waals surface area contributed by atoms with Crippen molar-refractivity contribution in [2.45, 2.75) is 40.5 Å². The third-order valence-corrected chi connectivity index (χ3v) is 11.3. The van der Waals surface area contributed by atoms with Gasteiger partial charge in [0.15, 0.2) is 0 Å². The number of hydrogen-bond donors (Lipinski definition) is 1. The molecule has 0 radical (unpaired) electrons. The molecule has 0 fully saturated rings. The van der Waals surface area contributed by atoms with Crippen LogP contribution in [0.25, 0.3) is 0 Å². The summed E-state index contributed by atoms with van der Waals surface area (Å²) in [7, 11) is -0.679. The number of rotatable bonds is 10. The van der Waals surface area contributed by atoms with E-state index in [0.717, 1.165) is 33.1 Å². The Kier molecular flexibility index (Phi) is 9.37. The number of para-hydroxylation sites is 1. The Morgan fingerprint density at radius 3 is 1.96 bits per heavy atom. The Hall–Kier alpha value is -4.99. The van der Waals surface area contributed by atoms with Crippen molar-refractivity contribution >= 4 is 48.6 Å². The Labute approximate surface area is 278 Å². The van der Waals surface area contributed by atoms with Gasteiger partial charge in [-0.3, -0.25) is 9.80 Å². The van der Waals surface area contributed by atoms with Gasteiger partial charge in [0.25, 0.3) is 0 Å². The van der Waals surface area contributed by atoms with E-state index in [9.17, 15) is 4.79 Å². The Morgan fingerprint density at radius 2 is 1.40 bits per heavy atom. The molecule has 0 saturated carbocycles. The molecule has 240 valence electrons. The first-order valence-electron chi connectivity index (χ1n) is 15.9. The molecule has 1 aliphatic rings. The zero-order valence-corrected chi connectivity index (χ0v) is 28.7. The van der Waals surface area contributed by atoms with Crippen LogP contribution in [0.2, 0.25) is 0 Å². The topological polar surface area (TPSA) is 79.8 Å². The minimum absolute atomic E-state index is 0.0851. The number of fused-ring (bicyclic) bond motifs is 1. The van der Waals surface area contributed by atoms with Crippen molar-refractivity contribution in [3.63, 3.8) is 0 Å².